The molecule has 9 nitrogen and oxygen atoms in total. The Balaban J connectivity index is 0.00000392. The van der Waals surface area contributed by atoms with Crippen LogP contribution in [-0.4, -0.2) is 91.7 Å². The standard InChI is InChI=1S/C17H32N6O3S.HI/c1-4-18-17(19-8-14-27(24,25)23(5-2)6-3)22-11-9-21(10-12-22)15-16-7-13-26-20-16;/h7,13H,4-6,8-12,14-15H2,1-3H3,(H,18,19);1H. The molecular formula is C17H33IN6O3S. The van der Waals surface area contributed by atoms with Crippen LogP contribution in [0.5, 0.6) is 0 Å². The first-order valence-corrected chi connectivity index (χ1v) is 11.2. The zero-order chi connectivity index (χ0) is 19.7. The Labute approximate surface area is 185 Å². The number of halogens is 1. The van der Waals surface area contributed by atoms with E-state index in [-0.39, 0.29) is 36.3 Å². The van der Waals surface area contributed by atoms with Crippen LogP contribution < -0.4 is 5.32 Å². The van der Waals surface area contributed by atoms with Gasteiger partial charge >= 0.3 is 0 Å². The van der Waals surface area contributed by atoms with Crippen molar-refractivity contribution in [2.75, 3.05) is 58.1 Å². The number of guanidine groups is 1. The smallest absolute Gasteiger partial charge is 0.215 e. The molecule has 0 saturated carbocycles. The molecule has 0 unspecified atom stereocenters. The summed E-state index contributed by atoms with van der Waals surface area (Å²) < 4.78 is 31.0. The van der Waals surface area contributed by atoms with E-state index in [0.29, 0.717) is 13.1 Å². The summed E-state index contributed by atoms with van der Waals surface area (Å²) in [7, 11) is -3.25. The monoisotopic (exact) mass is 528 g/mol. The summed E-state index contributed by atoms with van der Waals surface area (Å²) in [6.07, 6.45) is 1.59. The largest absolute Gasteiger partial charge is 0.364 e. The molecule has 1 saturated heterocycles. The van der Waals surface area contributed by atoms with Crippen molar-refractivity contribution in [2.45, 2.75) is 27.3 Å². The molecule has 28 heavy (non-hydrogen) atoms. The van der Waals surface area contributed by atoms with Gasteiger partial charge in [-0.25, -0.2) is 12.7 Å². The van der Waals surface area contributed by atoms with Crippen molar-refractivity contribution in [3.8, 4) is 0 Å². The maximum atomic E-state index is 12.3. The van der Waals surface area contributed by atoms with Crippen LogP contribution in [0.3, 0.4) is 0 Å². The second-order valence-electron chi connectivity index (χ2n) is 6.39. The molecule has 0 spiro atoms. The number of aliphatic imine (C=N–C) groups is 1. The zero-order valence-corrected chi connectivity index (χ0v) is 20.1. The zero-order valence-electron chi connectivity index (χ0n) is 17.0. The van der Waals surface area contributed by atoms with E-state index in [1.807, 2.05) is 26.8 Å². The predicted octanol–water partition coefficient (Wildman–Crippen LogP) is 1.05. The lowest BCUT2D eigenvalue weighted by Crippen LogP contribution is -2.52. The van der Waals surface area contributed by atoms with Gasteiger partial charge in [-0.3, -0.25) is 9.89 Å². The van der Waals surface area contributed by atoms with E-state index in [2.05, 4.69) is 25.3 Å². The van der Waals surface area contributed by atoms with Gasteiger partial charge in [-0.15, -0.1) is 24.0 Å². The highest BCUT2D eigenvalue weighted by atomic mass is 127. The first-order valence-electron chi connectivity index (χ1n) is 9.62. The topological polar surface area (TPSA) is 94.3 Å². The molecule has 1 aliphatic heterocycles. The number of rotatable bonds is 9. The van der Waals surface area contributed by atoms with E-state index in [1.54, 1.807) is 6.26 Å². The highest BCUT2D eigenvalue weighted by Crippen LogP contribution is 2.08. The molecule has 0 amide bonds. The summed E-state index contributed by atoms with van der Waals surface area (Å²) in [6, 6.07) is 1.88. The molecule has 1 aromatic heterocycles. The molecule has 1 aliphatic rings. The van der Waals surface area contributed by atoms with Gasteiger partial charge in [-0.2, -0.15) is 0 Å². The van der Waals surface area contributed by atoms with Crippen LogP contribution in [0.2, 0.25) is 0 Å². The van der Waals surface area contributed by atoms with Gasteiger partial charge in [0.05, 0.1) is 18.0 Å². The second kappa shape index (κ2) is 12.6. The Morgan fingerprint density at radius 3 is 2.46 bits per heavy atom. The number of aromatic nitrogens is 1. The molecule has 2 rings (SSSR count). The molecule has 11 heteroatoms. The third kappa shape index (κ3) is 7.48. The van der Waals surface area contributed by atoms with Crippen LogP contribution in [-0.2, 0) is 16.6 Å². The summed E-state index contributed by atoms with van der Waals surface area (Å²) in [5.74, 6) is 0.823. The number of hydrogen-bond donors (Lipinski definition) is 1. The minimum atomic E-state index is -3.25. The molecule has 162 valence electrons. The van der Waals surface area contributed by atoms with Gasteiger partial charge < -0.3 is 14.7 Å². The summed E-state index contributed by atoms with van der Waals surface area (Å²) in [6.45, 7) is 12.0. The Morgan fingerprint density at radius 2 is 1.93 bits per heavy atom. The van der Waals surface area contributed by atoms with Crippen molar-refractivity contribution in [1.29, 1.82) is 0 Å². The van der Waals surface area contributed by atoms with E-state index in [9.17, 15) is 8.42 Å². The third-order valence-electron chi connectivity index (χ3n) is 4.59. The first-order chi connectivity index (χ1) is 13.0. The Kier molecular flexibility index (Phi) is 11.3. The molecule has 0 atom stereocenters. The lowest BCUT2D eigenvalue weighted by molar-refractivity contribution is 0.169. The number of sulfonamides is 1. The van der Waals surface area contributed by atoms with Crippen molar-refractivity contribution < 1.29 is 12.9 Å². The summed E-state index contributed by atoms with van der Waals surface area (Å²) in [5.41, 5.74) is 0.936. The van der Waals surface area contributed by atoms with E-state index < -0.39 is 10.0 Å². The Bertz CT molecular complexity index is 671. The maximum absolute atomic E-state index is 12.3. The molecule has 0 bridgehead atoms. The number of nitrogens with one attached hydrogen (secondary N) is 1. The van der Waals surface area contributed by atoms with Crippen molar-refractivity contribution in [2.24, 2.45) is 4.99 Å². The van der Waals surface area contributed by atoms with Crippen molar-refractivity contribution >= 4 is 40.0 Å². The van der Waals surface area contributed by atoms with Gasteiger partial charge in [0.25, 0.3) is 0 Å². The highest BCUT2D eigenvalue weighted by Gasteiger charge is 2.21. The van der Waals surface area contributed by atoms with Crippen LogP contribution in [0.15, 0.2) is 21.8 Å². The molecule has 2 heterocycles. The average Bonchev–Trinajstić information content (AvgIpc) is 3.15. The van der Waals surface area contributed by atoms with E-state index >= 15 is 0 Å². The molecular weight excluding hydrogens is 495 g/mol. The fraction of sp³-hybridized carbons (Fsp3) is 0.765. The number of hydrogen-bond acceptors (Lipinski definition) is 6. The SMILES string of the molecule is CCNC(=NCCS(=O)(=O)N(CC)CC)N1CCN(Cc2ccon2)CC1.I. The number of nitrogens with zero attached hydrogens (tertiary/aromatic N) is 5. The van der Waals surface area contributed by atoms with E-state index in [0.717, 1.165) is 50.9 Å². The van der Waals surface area contributed by atoms with E-state index in [1.165, 1.54) is 4.31 Å². The van der Waals surface area contributed by atoms with Crippen molar-refractivity contribution in [3.63, 3.8) is 0 Å². The first kappa shape index (κ1) is 25.1. The van der Waals surface area contributed by atoms with Crippen molar-refractivity contribution in [3.05, 3.63) is 18.0 Å². The minimum absolute atomic E-state index is 0. The highest BCUT2D eigenvalue weighted by molar-refractivity contribution is 14.0. The fourth-order valence-corrected chi connectivity index (χ4v) is 4.47. The van der Waals surface area contributed by atoms with Crippen LogP contribution in [0.4, 0.5) is 0 Å². The summed E-state index contributed by atoms with van der Waals surface area (Å²) in [5, 5.41) is 7.24. The van der Waals surface area contributed by atoms with Crippen LogP contribution in [0, 0.1) is 0 Å². The molecule has 0 aliphatic carbocycles. The molecule has 1 aromatic rings. The summed E-state index contributed by atoms with van der Waals surface area (Å²) >= 11 is 0. The molecule has 0 aromatic carbocycles. The predicted molar refractivity (Wildman–Crippen MR) is 121 cm³/mol. The van der Waals surface area contributed by atoms with Crippen molar-refractivity contribution in [1.82, 2.24) is 24.6 Å². The maximum Gasteiger partial charge on any atom is 0.215 e. The Morgan fingerprint density at radius 1 is 1.25 bits per heavy atom. The van der Waals surface area contributed by atoms with Crippen LogP contribution >= 0.6 is 24.0 Å². The normalized spacial score (nSPS) is 16.3. The van der Waals surface area contributed by atoms with E-state index in [4.69, 9.17) is 4.52 Å². The molecule has 1 N–H and O–H groups in total. The van der Waals surface area contributed by atoms with Gasteiger partial charge in [-0.1, -0.05) is 19.0 Å². The fourth-order valence-electron chi connectivity index (χ4n) is 3.10. The summed E-state index contributed by atoms with van der Waals surface area (Å²) in [4.78, 5) is 9.06. The minimum Gasteiger partial charge on any atom is -0.364 e. The second-order valence-corrected chi connectivity index (χ2v) is 8.48. The van der Waals surface area contributed by atoms with Crippen LogP contribution in [0.1, 0.15) is 26.5 Å². The average molecular weight is 528 g/mol. The quantitative estimate of drug-likeness (QED) is 0.291. The van der Waals surface area contributed by atoms with Gasteiger partial charge in [0, 0.05) is 58.4 Å². The van der Waals surface area contributed by atoms with Gasteiger partial charge in [0.2, 0.25) is 10.0 Å². The third-order valence-corrected chi connectivity index (χ3v) is 6.59. The van der Waals surface area contributed by atoms with Gasteiger partial charge in [0.1, 0.15) is 6.26 Å². The lowest BCUT2D eigenvalue weighted by Gasteiger charge is -2.36. The Hall–Kier alpha value is -0.920. The molecule has 1 fully saturated rings. The number of piperazine rings is 1. The van der Waals surface area contributed by atoms with Crippen LogP contribution in [0.25, 0.3) is 0 Å². The lowest BCUT2D eigenvalue weighted by atomic mass is 10.3. The molecule has 0 radical (unpaired) electrons. The van der Waals surface area contributed by atoms with Gasteiger partial charge in [0.15, 0.2) is 5.96 Å². The van der Waals surface area contributed by atoms with Gasteiger partial charge in [-0.05, 0) is 6.92 Å².